The number of fused-ring (bicyclic) bond motifs is 5. The topological polar surface area (TPSA) is 0 Å². The zero-order valence-corrected chi connectivity index (χ0v) is 14.4. The molecule has 0 aliphatic heterocycles. The van der Waals surface area contributed by atoms with Gasteiger partial charge in [0.05, 0.1) is 0 Å². The Morgan fingerprint density at radius 3 is 2.38 bits per heavy atom. The highest BCUT2D eigenvalue weighted by atomic mass is 14.3. The van der Waals surface area contributed by atoms with Crippen molar-refractivity contribution in [1.82, 2.24) is 0 Å². The fourth-order valence-electron chi connectivity index (χ4n) is 5.48. The maximum atomic E-state index is 2.44. The predicted molar refractivity (Wildman–Crippen MR) is 104 cm³/mol. The second kappa shape index (κ2) is 5.92. The Hall–Kier alpha value is -1.82. The molecule has 1 atom stereocenters. The van der Waals surface area contributed by atoms with Gasteiger partial charge in [-0.1, -0.05) is 67.8 Å². The highest BCUT2D eigenvalue weighted by Crippen LogP contribution is 2.46. The molecule has 2 aliphatic carbocycles. The number of hydrogen-bond donors (Lipinski definition) is 0. The van der Waals surface area contributed by atoms with Gasteiger partial charge in [0.25, 0.3) is 0 Å². The lowest BCUT2D eigenvalue weighted by atomic mass is 9.69. The molecule has 122 valence electrons. The smallest absolute Gasteiger partial charge is 0.0102 e. The molecule has 3 aromatic rings. The standard InChI is InChI=1S/C24H26/c1-2-7-17(8-3-1)21-12-6-10-19-14-15-22-20-11-5-4-9-18(20)13-16-23(22)24(19)21/h4-5,9,11,13-17,21H,1-3,6-8,10,12H2. The summed E-state index contributed by atoms with van der Waals surface area (Å²) in [4.78, 5) is 0. The molecule has 1 unspecified atom stereocenters. The van der Waals surface area contributed by atoms with Gasteiger partial charge in [0.15, 0.2) is 0 Å². The van der Waals surface area contributed by atoms with Crippen LogP contribution >= 0.6 is 0 Å². The molecule has 1 saturated carbocycles. The minimum atomic E-state index is 0.805. The van der Waals surface area contributed by atoms with E-state index < -0.39 is 0 Å². The summed E-state index contributed by atoms with van der Waals surface area (Å²) >= 11 is 0. The highest BCUT2D eigenvalue weighted by molar-refractivity contribution is 6.08. The zero-order valence-electron chi connectivity index (χ0n) is 14.4. The van der Waals surface area contributed by atoms with Gasteiger partial charge in [0.2, 0.25) is 0 Å². The minimum Gasteiger partial charge on any atom is -0.0616 e. The number of aryl methyl sites for hydroxylation is 1. The minimum absolute atomic E-state index is 0.805. The van der Waals surface area contributed by atoms with Crippen molar-refractivity contribution in [3.63, 3.8) is 0 Å². The molecule has 0 heteroatoms. The Bertz CT molecular complexity index is 883. The second-order valence-electron chi connectivity index (χ2n) is 7.92. The van der Waals surface area contributed by atoms with Gasteiger partial charge in [0.1, 0.15) is 0 Å². The molecule has 0 heterocycles. The van der Waals surface area contributed by atoms with Crippen LogP contribution < -0.4 is 0 Å². The molecule has 0 nitrogen and oxygen atoms in total. The van der Waals surface area contributed by atoms with Gasteiger partial charge in [0, 0.05) is 0 Å². The summed E-state index contributed by atoms with van der Waals surface area (Å²) in [6.45, 7) is 0. The molecular weight excluding hydrogens is 288 g/mol. The van der Waals surface area contributed by atoms with Crippen molar-refractivity contribution in [2.24, 2.45) is 5.92 Å². The van der Waals surface area contributed by atoms with E-state index in [-0.39, 0.29) is 0 Å². The van der Waals surface area contributed by atoms with Gasteiger partial charge >= 0.3 is 0 Å². The summed E-state index contributed by atoms with van der Waals surface area (Å²) in [6, 6.07) is 18.5. The van der Waals surface area contributed by atoms with Crippen molar-refractivity contribution in [3.8, 4) is 0 Å². The molecule has 0 bridgehead atoms. The van der Waals surface area contributed by atoms with E-state index in [4.69, 9.17) is 0 Å². The molecule has 2 aliphatic rings. The molecule has 1 fully saturated rings. The first-order valence-electron chi connectivity index (χ1n) is 9.85. The van der Waals surface area contributed by atoms with Crippen LogP contribution in [0.25, 0.3) is 21.5 Å². The van der Waals surface area contributed by atoms with Crippen molar-refractivity contribution in [1.29, 1.82) is 0 Å². The second-order valence-corrected chi connectivity index (χ2v) is 7.92. The highest BCUT2D eigenvalue weighted by Gasteiger charge is 2.30. The van der Waals surface area contributed by atoms with E-state index in [2.05, 4.69) is 48.5 Å². The van der Waals surface area contributed by atoms with Crippen LogP contribution in [0.4, 0.5) is 0 Å². The van der Waals surface area contributed by atoms with Crippen molar-refractivity contribution < 1.29 is 0 Å². The van der Waals surface area contributed by atoms with Crippen LogP contribution in [0.3, 0.4) is 0 Å². The van der Waals surface area contributed by atoms with Gasteiger partial charge in [-0.05, 0) is 76.6 Å². The summed E-state index contributed by atoms with van der Waals surface area (Å²) in [7, 11) is 0. The van der Waals surface area contributed by atoms with E-state index in [1.54, 1.807) is 16.5 Å². The lowest BCUT2D eigenvalue weighted by Crippen LogP contribution is -2.21. The molecule has 0 spiro atoms. The summed E-state index contributed by atoms with van der Waals surface area (Å²) in [5.74, 6) is 1.73. The average molecular weight is 314 g/mol. The van der Waals surface area contributed by atoms with Crippen molar-refractivity contribution in [2.75, 3.05) is 0 Å². The van der Waals surface area contributed by atoms with Gasteiger partial charge < -0.3 is 0 Å². The van der Waals surface area contributed by atoms with Crippen LogP contribution in [0.5, 0.6) is 0 Å². The van der Waals surface area contributed by atoms with Gasteiger partial charge in [-0.15, -0.1) is 0 Å². The van der Waals surface area contributed by atoms with Crippen molar-refractivity contribution >= 4 is 21.5 Å². The lowest BCUT2D eigenvalue weighted by Gasteiger charge is -2.35. The van der Waals surface area contributed by atoms with Gasteiger partial charge in [-0.25, -0.2) is 0 Å². The Kier molecular flexibility index (Phi) is 3.58. The SMILES string of the molecule is c1ccc2c(c1)ccc1c3c(ccc12)CCCC3C1CCCCC1. The van der Waals surface area contributed by atoms with E-state index >= 15 is 0 Å². The Morgan fingerprint density at radius 1 is 0.625 bits per heavy atom. The van der Waals surface area contributed by atoms with Crippen LogP contribution in [0.15, 0.2) is 48.5 Å². The molecule has 0 amide bonds. The Morgan fingerprint density at radius 2 is 1.46 bits per heavy atom. The fourth-order valence-corrected chi connectivity index (χ4v) is 5.48. The number of rotatable bonds is 1. The normalized spacial score (nSPS) is 21.9. The first-order valence-corrected chi connectivity index (χ1v) is 9.85. The average Bonchev–Trinajstić information content (AvgIpc) is 2.67. The van der Waals surface area contributed by atoms with E-state index in [1.807, 2.05) is 0 Å². The molecule has 3 aromatic carbocycles. The van der Waals surface area contributed by atoms with E-state index in [1.165, 1.54) is 67.5 Å². The largest absolute Gasteiger partial charge is 0.0616 e. The monoisotopic (exact) mass is 314 g/mol. The van der Waals surface area contributed by atoms with Gasteiger partial charge in [-0.2, -0.15) is 0 Å². The predicted octanol–water partition coefficient (Wildman–Crippen LogP) is 6.99. The molecule has 24 heavy (non-hydrogen) atoms. The maximum Gasteiger partial charge on any atom is -0.0102 e. The zero-order chi connectivity index (χ0) is 15.9. The molecule has 5 rings (SSSR count). The Balaban J connectivity index is 1.73. The number of hydrogen-bond acceptors (Lipinski definition) is 0. The van der Waals surface area contributed by atoms with Crippen LogP contribution in [-0.4, -0.2) is 0 Å². The summed E-state index contributed by atoms with van der Waals surface area (Å²) in [5.41, 5.74) is 3.36. The van der Waals surface area contributed by atoms with Crippen LogP contribution in [0, 0.1) is 5.92 Å². The van der Waals surface area contributed by atoms with Crippen LogP contribution in [0.1, 0.15) is 62.0 Å². The van der Waals surface area contributed by atoms with E-state index in [9.17, 15) is 0 Å². The molecule has 0 radical (unpaired) electrons. The fraction of sp³-hybridized carbons (Fsp3) is 0.417. The Labute approximate surface area is 144 Å². The maximum absolute atomic E-state index is 2.44. The van der Waals surface area contributed by atoms with Crippen LogP contribution in [0.2, 0.25) is 0 Å². The van der Waals surface area contributed by atoms with Crippen LogP contribution in [-0.2, 0) is 6.42 Å². The molecule has 0 N–H and O–H groups in total. The van der Waals surface area contributed by atoms with E-state index in [0.717, 1.165) is 11.8 Å². The summed E-state index contributed by atoms with van der Waals surface area (Å²) in [5, 5.41) is 5.80. The van der Waals surface area contributed by atoms with Crippen molar-refractivity contribution in [3.05, 3.63) is 59.7 Å². The third-order valence-corrected chi connectivity index (χ3v) is 6.61. The number of benzene rings is 3. The van der Waals surface area contributed by atoms with E-state index in [0.29, 0.717) is 0 Å². The molecular formula is C24H26. The quantitative estimate of drug-likeness (QED) is 0.424. The first kappa shape index (κ1) is 14.5. The lowest BCUT2D eigenvalue weighted by molar-refractivity contribution is 0.285. The summed E-state index contributed by atoms with van der Waals surface area (Å²) < 4.78 is 0. The van der Waals surface area contributed by atoms with Crippen molar-refractivity contribution in [2.45, 2.75) is 57.3 Å². The molecule has 0 saturated heterocycles. The third-order valence-electron chi connectivity index (χ3n) is 6.61. The first-order chi connectivity index (χ1) is 11.9. The third kappa shape index (κ3) is 2.27. The summed E-state index contributed by atoms with van der Waals surface area (Å²) in [6.07, 6.45) is 11.3. The van der Waals surface area contributed by atoms with Gasteiger partial charge in [-0.3, -0.25) is 0 Å². The molecule has 0 aromatic heterocycles.